The lowest BCUT2D eigenvalue weighted by Crippen LogP contribution is -2.51. The third kappa shape index (κ3) is 3.42. The standard InChI is InChI=1S/C26H27B9/c27-18-16-14(19(28)23(32)25(34)21(16)30)13(15-17(18)22(31)26(35)24(33)20(15)29)12-9-5-4-8-11(12)10-6-2-1-3-7-10/h1-9H,27-35H2. The van der Waals surface area contributed by atoms with Crippen molar-refractivity contribution in [1.29, 1.82) is 0 Å². The molecule has 0 saturated carbocycles. The van der Waals surface area contributed by atoms with Gasteiger partial charge in [0.05, 0.1) is 0 Å². The Bertz CT molecular complexity index is 1590. The minimum absolute atomic E-state index is 1.27. The van der Waals surface area contributed by atoms with Crippen LogP contribution in [-0.4, -0.2) is 70.6 Å². The van der Waals surface area contributed by atoms with E-state index in [0.717, 1.165) is 0 Å². The van der Waals surface area contributed by atoms with Crippen molar-refractivity contribution < 1.29 is 0 Å². The summed E-state index contributed by atoms with van der Waals surface area (Å²) in [7, 11) is 20.8. The average molecular weight is 437 g/mol. The maximum atomic E-state index is 2.35. The van der Waals surface area contributed by atoms with Gasteiger partial charge in [0.25, 0.3) is 0 Å². The van der Waals surface area contributed by atoms with Gasteiger partial charge in [0.1, 0.15) is 70.6 Å². The average Bonchev–Trinajstić information content (AvgIpc) is 2.88. The Morgan fingerprint density at radius 1 is 0.314 bits per heavy atom. The van der Waals surface area contributed by atoms with Gasteiger partial charge >= 0.3 is 0 Å². The molecular weight excluding hydrogens is 410 g/mol. The maximum absolute atomic E-state index is 2.35. The second-order valence-corrected chi connectivity index (χ2v) is 10.4. The van der Waals surface area contributed by atoms with Gasteiger partial charge in [-0.25, -0.2) is 0 Å². The first-order valence-corrected chi connectivity index (χ1v) is 12.7. The molecule has 5 aromatic carbocycles. The van der Waals surface area contributed by atoms with Gasteiger partial charge in [-0.1, -0.05) is 81.9 Å². The molecule has 0 atom stereocenters. The Hall–Kier alpha value is -2.80. The van der Waals surface area contributed by atoms with Crippen molar-refractivity contribution in [3.8, 4) is 22.3 Å². The Morgan fingerprint density at radius 2 is 0.686 bits per heavy atom. The van der Waals surface area contributed by atoms with Crippen molar-refractivity contribution >= 4 is 141 Å². The third-order valence-electron chi connectivity index (χ3n) is 8.91. The van der Waals surface area contributed by atoms with Crippen LogP contribution < -0.4 is 49.2 Å². The predicted octanol–water partition coefficient (Wildman–Crippen LogP) is -8.35. The zero-order chi connectivity index (χ0) is 25.2. The predicted molar refractivity (Wildman–Crippen MR) is 186 cm³/mol. The molecule has 35 heavy (non-hydrogen) atoms. The van der Waals surface area contributed by atoms with E-state index in [1.54, 1.807) is 0 Å². The van der Waals surface area contributed by atoms with Crippen molar-refractivity contribution in [2.45, 2.75) is 0 Å². The molecule has 158 valence electrons. The fraction of sp³-hybridized carbons (Fsp3) is 0. The number of benzene rings is 5. The van der Waals surface area contributed by atoms with E-state index >= 15 is 0 Å². The molecule has 0 aliphatic rings. The van der Waals surface area contributed by atoms with Gasteiger partial charge in [-0.2, -0.15) is 0 Å². The topological polar surface area (TPSA) is 0 Å². The molecule has 5 rings (SSSR count). The first-order valence-electron chi connectivity index (χ1n) is 12.7. The molecule has 0 spiro atoms. The molecule has 0 fully saturated rings. The largest absolute Gasteiger partial charge is 0.140 e. The molecule has 0 heterocycles. The van der Waals surface area contributed by atoms with Crippen LogP contribution in [0.2, 0.25) is 0 Å². The monoisotopic (exact) mass is 438 g/mol. The van der Waals surface area contributed by atoms with Crippen LogP contribution in [0.3, 0.4) is 0 Å². The van der Waals surface area contributed by atoms with E-state index < -0.39 is 0 Å². The van der Waals surface area contributed by atoms with Gasteiger partial charge in [-0.3, -0.25) is 0 Å². The molecule has 5 aromatic rings. The molecule has 0 saturated heterocycles. The molecule has 0 unspecified atom stereocenters. The fourth-order valence-electron chi connectivity index (χ4n) is 6.28. The zero-order valence-electron chi connectivity index (χ0n) is 22.7. The van der Waals surface area contributed by atoms with Gasteiger partial charge in [0, 0.05) is 0 Å². The van der Waals surface area contributed by atoms with Gasteiger partial charge in [0.2, 0.25) is 0 Å². The highest BCUT2D eigenvalue weighted by molar-refractivity contribution is 6.73. The van der Waals surface area contributed by atoms with E-state index in [0.29, 0.717) is 0 Å². The van der Waals surface area contributed by atoms with Gasteiger partial charge in [0.15, 0.2) is 0 Å². The first kappa shape index (κ1) is 23.9. The summed E-state index contributed by atoms with van der Waals surface area (Å²) >= 11 is 0. The van der Waals surface area contributed by atoms with Crippen molar-refractivity contribution in [3.63, 3.8) is 0 Å². The van der Waals surface area contributed by atoms with Crippen molar-refractivity contribution in [3.05, 3.63) is 54.6 Å². The summed E-state index contributed by atoms with van der Waals surface area (Å²) in [5.41, 5.74) is 18.0. The summed E-state index contributed by atoms with van der Waals surface area (Å²) in [4.78, 5) is 0. The highest BCUT2D eigenvalue weighted by Gasteiger charge is 2.23. The van der Waals surface area contributed by atoms with E-state index in [9.17, 15) is 0 Å². The Labute approximate surface area is 217 Å². The Kier molecular flexibility index (Phi) is 5.95. The summed E-state index contributed by atoms with van der Waals surface area (Å²) in [5.74, 6) is 0. The van der Waals surface area contributed by atoms with E-state index in [1.807, 2.05) is 0 Å². The molecule has 0 amide bonds. The van der Waals surface area contributed by atoms with Gasteiger partial charge in [-0.15, -0.1) is 21.9 Å². The number of rotatable bonds is 2. The summed E-state index contributed by atoms with van der Waals surface area (Å²) in [6.45, 7) is 0. The van der Waals surface area contributed by atoms with Crippen LogP contribution in [0.1, 0.15) is 0 Å². The summed E-state index contributed by atoms with van der Waals surface area (Å²) in [5, 5.41) is 5.71. The molecule has 0 aliphatic heterocycles. The van der Waals surface area contributed by atoms with Crippen LogP contribution in [0.25, 0.3) is 43.8 Å². The van der Waals surface area contributed by atoms with Crippen LogP contribution in [0, 0.1) is 0 Å². The highest BCUT2D eigenvalue weighted by Crippen LogP contribution is 2.38. The summed E-state index contributed by atoms with van der Waals surface area (Å²) in [6, 6.07) is 19.8. The highest BCUT2D eigenvalue weighted by atomic mass is 14.2. The van der Waals surface area contributed by atoms with Gasteiger partial charge < -0.3 is 0 Å². The maximum Gasteiger partial charge on any atom is 0.140 e. The minimum Gasteiger partial charge on any atom is -0.101 e. The van der Waals surface area contributed by atoms with Crippen LogP contribution in [0.5, 0.6) is 0 Å². The van der Waals surface area contributed by atoms with E-state index in [2.05, 4.69) is 125 Å². The summed E-state index contributed by atoms with van der Waals surface area (Å²) < 4.78 is 0. The Balaban J connectivity index is 2.16. The van der Waals surface area contributed by atoms with E-state index in [-0.39, 0.29) is 0 Å². The molecule has 0 bridgehead atoms. The lowest BCUT2D eigenvalue weighted by molar-refractivity contribution is 1.61. The number of hydrogen-bond donors (Lipinski definition) is 0. The second kappa shape index (κ2) is 8.70. The van der Waals surface area contributed by atoms with Gasteiger partial charge in [-0.05, 0) is 43.8 Å². The zero-order valence-corrected chi connectivity index (χ0v) is 22.7. The molecule has 0 aromatic heterocycles. The lowest BCUT2D eigenvalue weighted by Gasteiger charge is -2.27. The SMILES string of the molecule is Bc1c(B)c(B)c2c(-c3ccccc3-c3ccccc3)c3c(B)c(B)c(B)c(B)c3c(B)c2c1B. The van der Waals surface area contributed by atoms with E-state index in [4.69, 9.17) is 0 Å². The molecule has 0 N–H and O–H groups in total. The number of fused-ring (bicyclic) bond motifs is 2. The fourth-order valence-corrected chi connectivity index (χ4v) is 6.28. The van der Waals surface area contributed by atoms with Crippen LogP contribution in [0.15, 0.2) is 54.6 Å². The van der Waals surface area contributed by atoms with Crippen molar-refractivity contribution in [1.82, 2.24) is 0 Å². The van der Waals surface area contributed by atoms with Crippen LogP contribution in [-0.2, 0) is 0 Å². The molecular formula is C26H27B9. The number of hydrogen-bond acceptors (Lipinski definition) is 0. The second-order valence-electron chi connectivity index (χ2n) is 10.4. The normalized spacial score (nSPS) is 11.3. The van der Waals surface area contributed by atoms with Crippen molar-refractivity contribution in [2.24, 2.45) is 0 Å². The lowest BCUT2D eigenvalue weighted by atomic mass is 9.58. The van der Waals surface area contributed by atoms with Crippen molar-refractivity contribution in [2.75, 3.05) is 0 Å². The molecule has 0 nitrogen and oxygen atoms in total. The molecule has 0 aliphatic carbocycles. The molecule has 9 heteroatoms. The molecule has 0 radical (unpaired) electrons. The van der Waals surface area contributed by atoms with E-state index in [1.165, 1.54) is 93.0 Å². The summed E-state index contributed by atoms with van der Waals surface area (Å²) in [6.07, 6.45) is 0. The minimum atomic E-state index is 1.27. The van der Waals surface area contributed by atoms with Crippen LogP contribution >= 0.6 is 0 Å². The smallest absolute Gasteiger partial charge is 0.101 e. The third-order valence-corrected chi connectivity index (χ3v) is 8.91. The first-order chi connectivity index (χ1) is 16.7. The Morgan fingerprint density at radius 3 is 1.14 bits per heavy atom. The van der Waals surface area contributed by atoms with Crippen LogP contribution in [0.4, 0.5) is 0 Å². The quantitative estimate of drug-likeness (QED) is 0.190.